The van der Waals surface area contributed by atoms with Gasteiger partial charge in [0.25, 0.3) is 0 Å². The van der Waals surface area contributed by atoms with Crippen LogP contribution in [-0.4, -0.2) is 0 Å². The third kappa shape index (κ3) is 14.4. The summed E-state index contributed by atoms with van der Waals surface area (Å²) >= 11 is 0. The zero-order valence-corrected chi connectivity index (χ0v) is 14.9. The molecule has 0 atom stereocenters. The summed E-state index contributed by atoms with van der Waals surface area (Å²) in [5.41, 5.74) is 4.06. The highest BCUT2D eigenvalue weighted by molar-refractivity contribution is 5.23. The molecule has 21 heavy (non-hydrogen) atoms. The van der Waals surface area contributed by atoms with Gasteiger partial charge in [-0.1, -0.05) is 86.2 Å². The van der Waals surface area contributed by atoms with Crippen molar-refractivity contribution in [2.24, 2.45) is 0 Å². The first-order valence-electron chi connectivity index (χ1n) is 7.73. The van der Waals surface area contributed by atoms with Crippen LogP contribution in [0, 0.1) is 20.8 Å². The van der Waals surface area contributed by atoms with Crippen LogP contribution >= 0.6 is 0 Å². The van der Waals surface area contributed by atoms with Gasteiger partial charge >= 0.3 is 0 Å². The molecule has 0 heterocycles. The van der Waals surface area contributed by atoms with Crippen molar-refractivity contribution in [3.8, 4) is 0 Å². The third-order valence-electron chi connectivity index (χ3n) is 2.70. The van der Waals surface area contributed by atoms with Gasteiger partial charge in [0.1, 0.15) is 0 Å². The lowest BCUT2D eigenvalue weighted by Gasteiger charge is -1.93. The molecular weight excluding hydrogens is 252 g/mol. The number of rotatable bonds is 0. The third-order valence-corrected chi connectivity index (χ3v) is 2.70. The van der Waals surface area contributed by atoms with E-state index in [9.17, 15) is 0 Å². The average molecular weight is 284 g/mol. The Bertz CT molecular complexity index is 427. The molecule has 0 radical (unpaired) electrons. The van der Waals surface area contributed by atoms with Crippen LogP contribution < -0.4 is 0 Å². The minimum absolute atomic E-state index is 1.32. The minimum atomic E-state index is 1.32. The molecule has 0 aromatic heterocycles. The predicted octanol–water partition coefficient (Wildman–Crippen LogP) is 6.91. The van der Waals surface area contributed by atoms with Gasteiger partial charge < -0.3 is 0 Å². The van der Waals surface area contributed by atoms with E-state index in [-0.39, 0.29) is 0 Å². The van der Waals surface area contributed by atoms with Crippen LogP contribution in [0.25, 0.3) is 0 Å². The summed E-state index contributed by atoms with van der Waals surface area (Å²) in [6, 6.07) is 18.6. The molecule has 0 bridgehead atoms. The van der Waals surface area contributed by atoms with Crippen molar-refractivity contribution in [3.63, 3.8) is 0 Å². The molecule has 2 aromatic carbocycles. The van der Waals surface area contributed by atoms with Crippen molar-refractivity contribution < 1.29 is 0 Å². The Kier molecular flexibility index (Phi) is 16.6. The summed E-state index contributed by atoms with van der Waals surface area (Å²) in [5.74, 6) is 0. The van der Waals surface area contributed by atoms with E-state index in [4.69, 9.17) is 0 Å². The van der Waals surface area contributed by atoms with Crippen LogP contribution in [-0.2, 0) is 0 Å². The van der Waals surface area contributed by atoms with Gasteiger partial charge in [0.2, 0.25) is 0 Å². The van der Waals surface area contributed by atoms with Gasteiger partial charge in [0.05, 0.1) is 0 Å². The maximum Gasteiger partial charge on any atom is -0.0395 e. The van der Waals surface area contributed by atoms with Gasteiger partial charge in [-0.25, -0.2) is 0 Å². The van der Waals surface area contributed by atoms with Gasteiger partial charge in [0.15, 0.2) is 0 Å². The van der Waals surface area contributed by atoms with E-state index in [1.54, 1.807) is 0 Å². The summed E-state index contributed by atoms with van der Waals surface area (Å²) in [7, 11) is 0. The van der Waals surface area contributed by atoms with Crippen molar-refractivity contribution in [1.82, 2.24) is 0 Å². The fourth-order valence-electron chi connectivity index (χ4n) is 1.20. The number of allylic oxidation sites excluding steroid dienone is 2. The molecular formula is C21H32. The monoisotopic (exact) mass is 284 g/mol. The molecule has 0 saturated carbocycles. The van der Waals surface area contributed by atoms with E-state index in [2.05, 4.69) is 57.2 Å². The topological polar surface area (TPSA) is 0 Å². The molecule has 0 amide bonds. The molecule has 2 aromatic rings. The maximum atomic E-state index is 2.12. The highest BCUT2D eigenvalue weighted by atomic mass is 13.9. The van der Waals surface area contributed by atoms with Crippen molar-refractivity contribution in [2.75, 3.05) is 0 Å². The molecule has 0 unspecified atom stereocenters. The van der Waals surface area contributed by atoms with Crippen molar-refractivity contribution >= 4 is 0 Å². The summed E-state index contributed by atoms with van der Waals surface area (Å²) in [4.78, 5) is 0. The molecule has 0 heteroatoms. The fourth-order valence-corrected chi connectivity index (χ4v) is 1.20. The second-order valence-electron chi connectivity index (χ2n) is 4.41. The molecule has 0 aliphatic heterocycles. The van der Waals surface area contributed by atoms with Gasteiger partial charge in [-0.3, -0.25) is 0 Å². The molecule has 2 rings (SSSR count). The molecule has 0 fully saturated rings. The molecule has 0 nitrogen and oxygen atoms in total. The molecule has 0 saturated heterocycles. The van der Waals surface area contributed by atoms with E-state index < -0.39 is 0 Å². The SMILES string of the molecule is CC.CC=CC.Cc1ccccc1.Cc1ccccc1C. The lowest BCUT2D eigenvalue weighted by atomic mass is 10.1. The Hall–Kier alpha value is -1.82. The second kappa shape index (κ2) is 16.2. The molecule has 116 valence electrons. The van der Waals surface area contributed by atoms with Crippen molar-refractivity contribution in [2.45, 2.75) is 48.5 Å². The molecule has 0 N–H and O–H groups in total. The Morgan fingerprint density at radius 2 is 0.905 bits per heavy atom. The first-order chi connectivity index (χ1) is 10.1. The van der Waals surface area contributed by atoms with Crippen LogP contribution in [0.2, 0.25) is 0 Å². The van der Waals surface area contributed by atoms with Crippen LogP contribution in [0.3, 0.4) is 0 Å². The van der Waals surface area contributed by atoms with Crippen LogP contribution in [0.5, 0.6) is 0 Å². The summed E-state index contributed by atoms with van der Waals surface area (Å²) < 4.78 is 0. The van der Waals surface area contributed by atoms with Crippen LogP contribution in [0.15, 0.2) is 66.7 Å². The minimum Gasteiger partial charge on any atom is -0.0919 e. The number of benzene rings is 2. The van der Waals surface area contributed by atoms with Crippen molar-refractivity contribution in [1.29, 1.82) is 0 Å². The predicted molar refractivity (Wildman–Crippen MR) is 98.9 cm³/mol. The maximum absolute atomic E-state index is 2.12. The molecule has 0 aliphatic carbocycles. The first kappa shape index (κ1) is 21.5. The van der Waals surface area contributed by atoms with Crippen LogP contribution in [0.4, 0.5) is 0 Å². The lowest BCUT2D eigenvalue weighted by molar-refractivity contribution is 1.34. The fraction of sp³-hybridized carbons (Fsp3) is 0.333. The molecule has 0 spiro atoms. The van der Waals surface area contributed by atoms with E-state index in [0.29, 0.717) is 0 Å². The average Bonchev–Trinajstić information content (AvgIpc) is 2.54. The standard InChI is InChI=1S/C8H10.C7H8.C4H8.C2H6/c1-7-5-3-4-6-8(7)2;1-7-5-3-2-4-6-7;1-3-4-2;1-2/h3-6H,1-2H3;2-6H,1H3;3-4H,1-2H3;1-2H3. The Labute approximate surface area is 132 Å². The lowest BCUT2D eigenvalue weighted by Crippen LogP contribution is -1.74. The number of aryl methyl sites for hydroxylation is 3. The Morgan fingerprint density at radius 1 is 0.571 bits per heavy atom. The Balaban J connectivity index is 0. The second-order valence-corrected chi connectivity index (χ2v) is 4.41. The van der Waals surface area contributed by atoms with Gasteiger partial charge in [-0.2, -0.15) is 0 Å². The Morgan fingerprint density at radius 3 is 1.10 bits per heavy atom. The zero-order chi connectivity index (χ0) is 16.5. The largest absolute Gasteiger partial charge is 0.0919 e. The van der Waals surface area contributed by atoms with E-state index in [1.165, 1.54) is 16.7 Å². The quantitative estimate of drug-likeness (QED) is 0.461. The summed E-state index contributed by atoms with van der Waals surface area (Å²) in [6.45, 7) is 14.3. The first-order valence-corrected chi connectivity index (χ1v) is 7.73. The summed E-state index contributed by atoms with van der Waals surface area (Å²) in [6.07, 6.45) is 4.00. The van der Waals surface area contributed by atoms with Crippen molar-refractivity contribution in [3.05, 3.63) is 83.4 Å². The van der Waals surface area contributed by atoms with Crippen LogP contribution in [0.1, 0.15) is 44.4 Å². The smallest absolute Gasteiger partial charge is 0.0395 e. The molecule has 0 aliphatic rings. The summed E-state index contributed by atoms with van der Waals surface area (Å²) in [5, 5.41) is 0. The number of hydrogen-bond acceptors (Lipinski definition) is 0. The van der Waals surface area contributed by atoms with E-state index >= 15 is 0 Å². The van der Waals surface area contributed by atoms with E-state index in [0.717, 1.165) is 0 Å². The van der Waals surface area contributed by atoms with Gasteiger partial charge in [0, 0.05) is 0 Å². The van der Waals surface area contributed by atoms with E-state index in [1.807, 2.05) is 58.0 Å². The highest BCUT2D eigenvalue weighted by Crippen LogP contribution is 2.02. The highest BCUT2D eigenvalue weighted by Gasteiger charge is 1.83. The van der Waals surface area contributed by atoms with Gasteiger partial charge in [-0.05, 0) is 45.7 Å². The number of hydrogen-bond donors (Lipinski definition) is 0. The van der Waals surface area contributed by atoms with Gasteiger partial charge in [-0.15, -0.1) is 0 Å². The normalized spacial score (nSPS) is 8.52. The zero-order valence-electron chi connectivity index (χ0n) is 14.9.